The van der Waals surface area contributed by atoms with E-state index < -0.39 is 0 Å². The molecule has 126 valence electrons. The van der Waals surface area contributed by atoms with Crippen LogP contribution < -0.4 is 10.6 Å². The molecule has 1 rings (SSSR count). The first-order valence-electron chi connectivity index (χ1n) is 7.62. The second kappa shape index (κ2) is 8.36. The largest absolute Gasteiger partial charge is 0.389 e. The van der Waals surface area contributed by atoms with Crippen molar-refractivity contribution in [1.82, 2.24) is 5.32 Å². The first-order chi connectivity index (χ1) is 10.7. The predicted molar refractivity (Wildman–Crippen MR) is 95.6 cm³/mol. The minimum absolute atomic E-state index is 0.186. The van der Waals surface area contributed by atoms with E-state index in [4.69, 9.17) is 4.84 Å². The normalized spacial score (nSPS) is 11.8. The molecule has 0 radical (unpaired) electrons. The lowest BCUT2D eigenvalue weighted by Crippen LogP contribution is -2.27. The van der Waals surface area contributed by atoms with Gasteiger partial charge < -0.3 is 15.5 Å². The van der Waals surface area contributed by atoms with Crippen LogP contribution in [0.4, 0.5) is 5.69 Å². The lowest BCUT2D eigenvalue weighted by molar-refractivity contribution is -0.105. The lowest BCUT2D eigenvalue weighted by Gasteiger charge is -2.20. The third-order valence-corrected chi connectivity index (χ3v) is 3.16. The van der Waals surface area contributed by atoms with Crippen LogP contribution in [0.1, 0.15) is 38.8 Å². The molecule has 23 heavy (non-hydrogen) atoms. The van der Waals surface area contributed by atoms with Gasteiger partial charge in [0.25, 0.3) is 0 Å². The quantitative estimate of drug-likeness (QED) is 0.438. The molecule has 0 atom stereocenters. The van der Waals surface area contributed by atoms with Crippen LogP contribution in [0.3, 0.4) is 0 Å². The Morgan fingerprint density at radius 1 is 1.39 bits per heavy atom. The molecular formula is C18H27N3O2. The molecule has 0 spiro atoms. The molecule has 0 fully saturated rings. The summed E-state index contributed by atoms with van der Waals surface area (Å²) in [6.45, 7) is 15.4. The molecule has 0 unspecified atom stereocenters. The van der Waals surface area contributed by atoms with Crippen LogP contribution in [0.5, 0.6) is 0 Å². The van der Waals surface area contributed by atoms with Crippen molar-refractivity contribution in [3.63, 3.8) is 0 Å². The summed E-state index contributed by atoms with van der Waals surface area (Å²) in [6, 6.07) is 5.65. The topological polar surface area (TPSA) is 62.7 Å². The summed E-state index contributed by atoms with van der Waals surface area (Å²) in [5.74, 6) is 0. The minimum Gasteiger partial charge on any atom is -0.389 e. The van der Waals surface area contributed by atoms with E-state index >= 15 is 0 Å². The van der Waals surface area contributed by atoms with Crippen LogP contribution in [0.15, 0.2) is 35.6 Å². The molecule has 0 heterocycles. The molecule has 5 heteroatoms. The van der Waals surface area contributed by atoms with Crippen LogP contribution in [0.2, 0.25) is 0 Å². The van der Waals surface area contributed by atoms with Gasteiger partial charge in [0.2, 0.25) is 6.41 Å². The third kappa shape index (κ3) is 7.00. The number of carbonyl (C=O) groups excluding carboxylic acids is 1. The van der Waals surface area contributed by atoms with Gasteiger partial charge in [0, 0.05) is 23.5 Å². The Bertz CT molecular complexity index is 586. The summed E-state index contributed by atoms with van der Waals surface area (Å²) < 4.78 is 0. The van der Waals surface area contributed by atoms with Crippen LogP contribution in [0, 0.1) is 12.3 Å². The number of aryl methyl sites for hydroxylation is 1. The second-order valence-electron chi connectivity index (χ2n) is 6.76. The molecule has 0 aliphatic rings. The van der Waals surface area contributed by atoms with Gasteiger partial charge in [-0.1, -0.05) is 38.6 Å². The molecule has 0 aliphatic carbocycles. The Morgan fingerprint density at radius 3 is 2.70 bits per heavy atom. The SMILES string of the molecule is C=C(CO/N=C(\C)c1cc(NC=O)ccc1C)NCC(C)(C)C. The van der Waals surface area contributed by atoms with Gasteiger partial charge in [0.1, 0.15) is 0 Å². The van der Waals surface area contributed by atoms with Gasteiger partial charge in [0.05, 0.1) is 5.71 Å². The van der Waals surface area contributed by atoms with Crippen LogP contribution >= 0.6 is 0 Å². The average Bonchev–Trinajstić information content (AvgIpc) is 2.46. The van der Waals surface area contributed by atoms with Crippen LogP contribution in [-0.2, 0) is 9.63 Å². The summed E-state index contributed by atoms with van der Waals surface area (Å²) in [5.41, 5.74) is 4.46. The maximum atomic E-state index is 10.5. The molecule has 0 aromatic heterocycles. The van der Waals surface area contributed by atoms with Crippen LogP contribution in [-0.4, -0.2) is 25.3 Å². The van der Waals surface area contributed by atoms with Crippen molar-refractivity contribution in [1.29, 1.82) is 0 Å². The zero-order valence-corrected chi connectivity index (χ0v) is 14.7. The number of nitrogens with zero attached hydrogens (tertiary/aromatic N) is 1. The molecular weight excluding hydrogens is 290 g/mol. The predicted octanol–water partition coefficient (Wildman–Crippen LogP) is 3.45. The Hall–Kier alpha value is -2.30. The highest BCUT2D eigenvalue weighted by Gasteiger charge is 2.10. The lowest BCUT2D eigenvalue weighted by atomic mass is 9.97. The summed E-state index contributed by atoms with van der Waals surface area (Å²) in [6.07, 6.45) is 0.655. The van der Waals surface area contributed by atoms with E-state index in [1.54, 1.807) is 0 Å². The van der Waals surface area contributed by atoms with Crippen molar-refractivity contribution in [2.45, 2.75) is 34.6 Å². The minimum atomic E-state index is 0.186. The fourth-order valence-electron chi connectivity index (χ4n) is 1.87. The molecule has 1 aromatic rings. The molecule has 1 aromatic carbocycles. The van der Waals surface area contributed by atoms with E-state index in [9.17, 15) is 4.79 Å². The second-order valence-corrected chi connectivity index (χ2v) is 6.76. The standard InChI is InChI=1S/C18H27N3O2/c1-13-7-8-16(20-12-22)9-17(13)15(3)21-23-10-14(2)19-11-18(4,5)6/h7-9,12,19H,2,10-11H2,1,3-6H3,(H,20,22)/b21-15+. The van der Waals surface area contributed by atoms with Gasteiger partial charge in [-0.25, -0.2) is 0 Å². The number of hydrogen-bond donors (Lipinski definition) is 2. The molecule has 0 saturated heterocycles. The number of anilines is 1. The maximum Gasteiger partial charge on any atom is 0.211 e. The van der Waals surface area contributed by atoms with Gasteiger partial charge in [-0.15, -0.1) is 0 Å². The number of amides is 1. The molecule has 0 aliphatic heterocycles. The van der Waals surface area contributed by atoms with Gasteiger partial charge in [-0.3, -0.25) is 4.79 Å². The van der Waals surface area contributed by atoms with E-state index in [-0.39, 0.29) is 5.41 Å². The summed E-state index contributed by atoms with van der Waals surface area (Å²) in [7, 11) is 0. The van der Waals surface area contributed by atoms with Crippen molar-refractivity contribution in [3.05, 3.63) is 41.6 Å². The highest BCUT2D eigenvalue weighted by atomic mass is 16.6. The van der Waals surface area contributed by atoms with Gasteiger partial charge in [0.15, 0.2) is 6.61 Å². The summed E-state index contributed by atoms with van der Waals surface area (Å²) in [5, 5.41) is 10.0. The van der Waals surface area contributed by atoms with E-state index in [1.165, 1.54) is 0 Å². The highest BCUT2D eigenvalue weighted by molar-refractivity contribution is 6.00. The van der Waals surface area contributed by atoms with E-state index in [0.29, 0.717) is 13.0 Å². The smallest absolute Gasteiger partial charge is 0.211 e. The van der Waals surface area contributed by atoms with Gasteiger partial charge in [-0.2, -0.15) is 0 Å². The number of nitrogens with one attached hydrogen (secondary N) is 2. The third-order valence-electron chi connectivity index (χ3n) is 3.16. The summed E-state index contributed by atoms with van der Waals surface area (Å²) in [4.78, 5) is 15.9. The number of carbonyl (C=O) groups is 1. The first-order valence-corrected chi connectivity index (χ1v) is 7.62. The molecule has 1 amide bonds. The van der Waals surface area contributed by atoms with Crippen LogP contribution in [0.25, 0.3) is 0 Å². The monoisotopic (exact) mass is 317 g/mol. The summed E-state index contributed by atoms with van der Waals surface area (Å²) >= 11 is 0. The van der Waals surface area contributed by atoms with E-state index in [1.807, 2.05) is 32.0 Å². The Kier molecular flexibility index (Phi) is 6.82. The molecule has 0 saturated carbocycles. The van der Waals surface area contributed by atoms with Crippen molar-refractivity contribution in [2.24, 2.45) is 10.6 Å². The number of rotatable bonds is 8. The van der Waals surface area contributed by atoms with Gasteiger partial charge >= 0.3 is 0 Å². The first kappa shape index (κ1) is 18.7. The average molecular weight is 317 g/mol. The highest BCUT2D eigenvalue weighted by Crippen LogP contribution is 2.16. The Labute approximate surface area is 138 Å². The van der Waals surface area contributed by atoms with Crippen molar-refractivity contribution in [2.75, 3.05) is 18.5 Å². The zero-order chi connectivity index (χ0) is 17.5. The van der Waals surface area contributed by atoms with Crippen molar-refractivity contribution in [3.8, 4) is 0 Å². The molecule has 2 N–H and O–H groups in total. The fraction of sp³-hybridized carbons (Fsp3) is 0.444. The number of oxime groups is 1. The fourth-order valence-corrected chi connectivity index (χ4v) is 1.87. The van der Waals surface area contributed by atoms with E-state index in [0.717, 1.165) is 34.8 Å². The van der Waals surface area contributed by atoms with Crippen molar-refractivity contribution < 1.29 is 9.63 Å². The zero-order valence-electron chi connectivity index (χ0n) is 14.7. The van der Waals surface area contributed by atoms with E-state index in [2.05, 4.69) is 43.1 Å². The number of benzene rings is 1. The Balaban J connectivity index is 2.62. The van der Waals surface area contributed by atoms with Crippen molar-refractivity contribution >= 4 is 17.8 Å². The number of hydrogen-bond acceptors (Lipinski definition) is 4. The van der Waals surface area contributed by atoms with Gasteiger partial charge in [-0.05, 0) is 37.0 Å². The Morgan fingerprint density at radius 2 is 2.09 bits per heavy atom. The molecule has 5 nitrogen and oxygen atoms in total. The molecule has 0 bridgehead atoms. The maximum absolute atomic E-state index is 10.5.